The second kappa shape index (κ2) is 6.33. The molecule has 0 atom stereocenters. The number of rotatable bonds is 6. The maximum atomic E-state index is 5.77. The molecule has 0 aliphatic carbocycles. The first kappa shape index (κ1) is 12.8. The van der Waals surface area contributed by atoms with Crippen molar-refractivity contribution in [3.63, 3.8) is 0 Å². The summed E-state index contributed by atoms with van der Waals surface area (Å²) in [4.78, 5) is 0. The SMILES string of the molecule is C=CCNCCOc1c(C)cc(C)cc1C. The van der Waals surface area contributed by atoms with Crippen LogP contribution in [0.5, 0.6) is 5.75 Å². The topological polar surface area (TPSA) is 21.3 Å². The molecule has 0 spiro atoms. The third-order valence-electron chi connectivity index (χ3n) is 2.42. The third kappa shape index (κ3) is 3.70. The largest absolute Gasteiger partial charge is 0.492 e. The Balaban J connectivity index is 2.50. The van der Waals surface area contributed by atoms with E-state index < -0.39 is 0 Å². The molecule has 0 aliphatic rings. The van der Waals surface area contributed by atoms with Crippen molar-refractivity contribution < 1.29 is 4.74 Å². The summed E-state index contributed by atoms with van der Waals surface area (Å²) in [6.45, 7) is 12.3. The Morgan fingerprint density at radius 3 is 2.44 bits per heavy atom. The lowest BCUT2D eigenvalue weighted by Gasteiger charge is -2.13. The van der Waals surface area contributed by atoms with Crippen molar-refractivity contribution in [2.75, 3.05) is 19.7 Å². The minimum absolute atomic E-state index is 0.693. The van der Waals surface area contributed by atoms with Gasteiger partial charge < -0.3 is 10.1 Å². The summed E-state index contributed by atoms with van der Waals surface area (Å²) < 4.78 is 5.77. The standard InChI is InChI=1S/C14H21NO/c1-5-6-15-7-8-16-14-12(3)9-11(2)10-13(14)4/h5,9-10,15H,1,6-8H2,2-4H3. The van der Waals surface area contributed by atoms with Crippen LogP contribution in [-0.2, 0) is 0 Å². The second-order valence-corrected chi connectivity index (χ2v) is 4.07. The van der Waals surface area contributed by atoms with Crippen molar-refractivity contribution in [1.29, 1.82) is 0 Å². The molecule has 0 heterocycles. The Morgan fingerprint density at radius 1 is 1.25 bits per heavy atom. The normalized spacial score (nSPS) is 10.2. The van der Waals surface area contributed by atoms with Gasteiger partial charge in [0.1, 0.15) is 12.4 Å². The Bertz CT molecular complexity index is 335. The minimum Gasteiger partial charge on any atom is -0.492 e. The molecule has 2 nitrogen and oxygen atoms in total. The number of aryl methyl sites for hydroxylation is 3. The summed E-state index contributed by atoms with van der Waals surface area (Å²) in [5, 5.41) is 3.21. The van der Waals surface area contributed by atoms with Crippen molar-refractivity contribution in [2.24, 2.45) is 0 Å². The summed E-state index contributed by atoms with van der Waals surface area (Å²) in [6, 6.07) is 4.30. The van der Waals surface area contributed by atoms with Gasteiger partial charge >= 0.3 is 0 Å². The highest BCUT2D eigenvalue weighted by atomic mass is 16.5. The second-order valence-electron chi connectivity index (χ2n) is 4.07. The minimum atomic E-state index is 0.693. The van der Waals surface area contributed by atoms with Gasteiger partial charge in [-0.2, -0.15) is 0 Å². The highest BCUT2D eigenvalue weighted by molar-refractivity contribution is 5.42. The molecule has 1 aromatic carbocycles. The van der Waals surface area contributed by atoms with E-state index in [9.17, 15) is 0 Å². The van der Waals surface area contributed by atoms with Gasteiger partial charge in [0.15, 0.2) is 0 Å². The fourth-order valence-electron chi connectivity index (χ4n) is 1.82. The van der Waals surface area contributed by atoms with Gasteiger partial charge in [-0.25, -0.2) is 0 Å². The summed E-state index contributed by atoms with van der Waals surface area (Å²) in [5.74, 6) is 1.02. The average Bonchev–Trinajstić information content (AvgIpc) is 2.20. The molecule has 16 heavy (non-hydrogen) atoms. The third-order valence-corrected chi connectivity index (χ3v) is 2.42. The van der Waals surface area contributed by atoms with Gasteiger partial charge in [0, 0.05) is 13.1 Å². The van der Waals surface area contributed by atoms with Crippen molar-refractivity contribution in [3.8, 4) is 5.75 Å². The van der Waals surface area contributed by atoms with Gasteiger partial charge in [-0.05, 0) is 31.9 Å². The Hall–Kier alpha value is -1.28. The summed E-state index contributed by atoms with van der Waals surface area (Å²) >= 11 is 0. The van der Waals surface area contributed by atoms with Gasteiger partial charge in [0.05, 0.1) is 0 Å². The molecule has 0 bridgehead atoms. The number of hydrogen-bond donors (Lipinski definition) is 1. The van der Waals surface area contributed by atoms with Crippen molar-refractivity contribution in [1.82, 2.24) is 5.32 Å². The molecule has 0 saturated carbocycles. The lowest BCUT2D eigenvalue weighted by Crippen LogP contribution is -2.21. The summed E-state index contributed by atoms with van der Waals surface area (Å²) in [7, 11) is 0. The fraction of sp³-hybridized carbons (Fsp3) is 0.429. The number of hydrogen-bond acceptors (Lipinski definition) is 2. The van der Waals surface area contributed by atoms with E-state index in [1.54, 1.807) is 0 Å². The van der Waals surface area contributed by atoms with Gasteiger partial charge in [0.25, 0.3) is 0 Å². The van der Waals surface area contributed by atoms with Gasteiger partial charge in [-0.3, -0.25) is 0 Å². The maximum absolute atomic E-state index is 5.77. The highest BCUT2D eigenvalue weighted by Crippen LogP contribution is 2.24. The quantitative estimate of drug-likeness (QED) is 0.587. The van der Waals surface area contributed by atoms with Crippen LogP contribution in [0.2, 0.25) is 0 Å². The number of nitrogens with one attached hydrogen (secondary N) is 1. The van der Waals surface area contributed by atoms with Crippen LogP contribution in [0, 0.1) is 20.8 Å². The maximum Gasteiger partial charge on any atom is 0.125 e. The van der Waals surface area contributed by atoms with Crippen LogP contribution >= 0.6 is 0 Å². The van der Waals surface area contributed by atoms with Crippen LogP contribution in [0.15, 0.2) is 24.8 Å². The fourth-order valence-corrected chi connectivity index (χ4v) is 1.82. The zero-order valence-electron chi connectivity index (χ0n) is 10.5. The van der Waals surface area contributed by atoms with E-state index in [-0.39, 0.29) is 0 Å². The predicted molar refractivity (Wildman–Crippen MR) is 69.2 cm³/mol. The van der Waals surface area contributed by atoms with Crippen LogP contribution in [0.1, 0.15) is 16.7 Å². The molecule has 2 heteroatoms. The summed E-state index contributed by atoms with van der Waals surface area (Å²) in [5.41, 5.74) is 3.70. The Kier molecular flexibility index (Phi) is 5.06. The Morgan fingerprint density at radius 2 is 1.88 bits per heavy atom. The van der Waals surface area contributed by atoms with E-state index in [1.165, 1.54) is 16.7 Å². The first-order valence-electron chi connectivity index (χ1n) is 5.67. The van der Waals surface area contributed by atoms with Gasteiger partial charge in [-0.15, -0.1) is 6.58 Å². The molecular weight excluding hydrogens is 198 g/mol. The zero-order chi connectivity index (χ0) is 12.0. The molecule has 0 aromatic heterocycles. The molecule has 0 amide bonds. The van der Waals surface area contributed by atoms with Gasteiger partial charge in [0.2, 0.25) is 0 Å². The zero-order valence-corrected chi connectivity index (χ0v) is 10.5. The van der Waals surface area contributed by atoms with Crippen LogP contribution in [-0.4, -0.2) is 19.7 Å². The first-order valence-corrected chi connectivity index (χ1v) is 5.67. The molecule has 0 fully saturated rings. The van der Waals surface area contributed by atoms with E-state index in [0.29, 0.717) is 6.61 Å². The summed E-state index contributed by atoms with van der Waals surface area (Å²) in [6.07, 6.45) is 1.85. The van der Waals surface area contributed by atoms with Gasteiger partial charge in [-0.1, -0.05) is 23.8 Å². The average molecular weight is 219 g/mol. The predicted octanol–water partition coefficient (Wildman–Crippen LogP) is 2.77. The van der Waals surface area contributed by atoms with Crippen LogP contribution in [0.25, 0.3) is 0 Å². The lowest BCUT2D eigenvalue weighted by molar-refractivity contribution is 0.312. The first-order chi connectivity index (χ1) is 7.65. The molecule has 1 aromatic rings. The molecule has 0 unspecified atom stereocenters. The van der Waals surface area contributed by atoms with E-state index >= 15 is 0 Å². The highest BCUT2D eigenvalue weighted by Gasteiger charge is 2.04. The molecule has 1 N–H and O–H groups in total. The van der Waals surface area contributed by atoms with Crippen molar-refractivity contribution in [2.45, 2.75) is 20.8 Å². The van der Waals surface area contributed by atoms with Crippen molar-refractivity contribution >= 4 is 0 Å². The molecule has 0 radical (unpaired) electrons. The van der Waals surface area contributed by atoms with E-state index in [4.69, 9.17) is 4.74 Å². The van der Waals surface area contributed by atoms with Crippen LogP contribution < -0.4 is 10.1 Å². The lowest BCUT2D eigenvalue weighted by atomic mass is 10.1. The van der Waals surface area contributed by atoms with E-state index in [2.05, 4.69) is 44.8 Å². The van der Waals surface area contributed by atoms with E-state index in [0.717, 1.165) is 18.8 Å². The smallest absolute Gasteiger partial charge is 0.125 e. The van der Waals surface area contributed by atoms with Crippen LogP contribution in [0.3, 0.4) is 0 Å². The number of ether oxygens (including phenoxy) is 1. The monoisotopic (exact) mass is 219 g/mol. The van der Waals surface area contributed by atoms with Crippen LogP contribution in [0.4, 0.5) is 0 Å². The van der Waals surface area contributed by atoms with E-state index in [1.807, 2.05) is 6.08 Å². The number of benzene rings is 1. The molecule has 1 rings (SSSR count). The molecule has 0 aliphatic heterocycles. The molecule has 88 valence electrons. The molecular formula is C14H21NO. The molecule has 0 saturated heterocycles. The Labute approximate surface area is 98.3 Å². The van der Waals surface area contributed by atoms with Crippen molar-refractivity contribution in [3.05, 3.63) is 41.5 Å².